The average Bonchev–Trinajstić information content (AvgIpc) is 2.89. The number of nitrogens with zero attached hydrogens (tertiary/aromatic N) is 6. The van der Waals surface area contributed by atoms with Crippen LogP contribution in [-0.2, 0) is 0 Å². The maximum absolute atomic E-state index is 13.3. The van der Waals surface area contributed by atoms with E-state index >= 15 is 0 Å². The van der Waals surface area contributed by atoms with E-state index in [9.17, 15) is 4.79 Å². The summed E-state index contributed by atoms with van der Waals surface area (Å²) in [7, 11) is 0. The molecule has 4 heterocycles. The van der Waals surface area contributed by atoms with Crippen LogP contribution in [0, 0.1) is 6.92 Å². The third-order valence-electron chi connectivity index (χ3n) is 5.79. The number of benzene rings is 1. The highest BCUT2D eigenvalue weighted by atomic mass is 16.5. The first-order valence-corrected chi connectivity index (χ1v) is 11.2. The number of hydrogen-bond donors (Lipinski definition) is 0. The number of carbonyl (C=O) groups excluding carboxylic acids is 1. The van der Waals surface area contributed by atoms with Gasteiger partial charge in [0.25, 0.3) is 5.91 Å². The van der Waals surface area contributed by atoms with Gasteiger partial charge in [0.15, 0.2) is 0 Å². The monoisotopic (exact) mass is 452 g/mol. The van der Waals surface area contributed by atoms with Crippen molar-refractivity contribution in [1.82, 2.24) is 29.8 Å². The van der Waals surface area contributed by atoms with Crippen molar-refractivity contribution < 1.29 is 9.53 Å². The molecule has 1 aliphatic heterocycles. The Morgan fingerprint density at radius 2 is 1.85 bits per heavy atom. The number of ether oxygens (including phenoxy) is 1. The van der Waals surface area contributed by atoms with Crippen LogP contribution in [0.15, 0.2) is 73.6 Å². The molecule has 34 heavy (non-hydrogen) atoms. The van der Waals surface area contributed by atoms with Crippen molar-refractivity contribution in [2.24, 2.45) is 0 Å². The molecule has 8 heteroatoms. The Balaban J connectivity index is 1.31. The van der Waals surface area contributed by atoms with Gasteiger partial charge in [-0.1, -0.05) is 18.2 Å². The van der Waals surface area contributed by atoms with Gasteiger partial charge in [-0.2, -0.15) is 0 Å². The number of pyridine rings is 1. The molecule has 0 unspecified atom stereocenters. The maximum Gasteiger partial charge on any atom is 0.272 e. The van der Waals surface area contributed by atoms with Crippen molar-refractivity contribution in [3.63, 3.8) is 0 Å². The van der Waals surface area contributed by atoms with Crippen molar-refractivity contribution in [3.05, 3.63) is 90.5 Å². The summed E-state index contributed by atoms with van der Waals surface area (Å²) in [6, 6.07) is 13.2. The summed E-state index contributed by atoms with van der Waals surface area (Å²) in [6.07, 6.45) is 10.0. The second-order valence-electron chi connectivity index (χ2n) is 8.33. The van der Waals surface area contributed by atoms with Gasteiger partial charge in [0.2, 0.25) is 5.88 Å². The predicted molar refractivity (Wildman–Crippen MR) is 126 cm³/mol. The van der Waals surface area contributed by atoms with Gasteiger partial charge >= 0.3 is 0 Å². The predicted octanol–water partition coefficient (Wildman–Crippen LogP) is 4.45. The fourth-order valence-electron chi connectivity index (χ4n) is 4.12. The van der Waals surface area contributed by atoms with Gasteiger partial charge in [-0.05, 0) is 49.6 Å². The summed E-state index contributed by atoms with van der Waals surface area (Å²) in [5.74, 6) is 1.16. The van der Waals surface area contributed by atoms with Gasteiger partial charge in [-0.15, -0.1) is 0 Å². The van der Waals surface area contributed by atoms with Crippen molar-refractivity contribution in [3.8, 4) is 22.9 Å². The highest BCUT2D eigenvalue weighted by molar-refractivity contribution is 5.93. The number of amides is 1. The number of likely N-dealkylation sites (tertiary alicyclic amines) is 1. The standard InChI is InChI=1S/C26H24N6O2/c1-18-5-2-7-21(11-18)34-25-15-27-14-24(31-25)19-6-4-10-32(16-19)26(33)23-9-3-8-22(30-23)20-12-28-17-29-13-20/h2-3,5,7-9,11-15,17,19H,4,6,10,16H2,1H3/t19-/m0/s1. The van der Waals surface area contributed by atoms with E-state index in [-0.39, 0.29) is 11.8 Å². The molecular formula is C26H24N6O2. The van der Waals surface area contributed by atoms with Crippen LogP contribution in [0.25, 0.3) is 11.3 Å². The lowest BCUT2D eigenvalue weighted by molar-refractivity contribution is 0.0700. The van der Waals surface area contributed by atoms with Gasteiger partial charge in [0.1, 0.15) is 17.8 Å². The minimum Gasteiger partial charge on any atom is -0.437 e. The quantitative estimate of drug-likeness (QED) is 0.442. The van der Waals surface area contributed by atoms with Crippen LogP contribution < -0.4 is 4.74 Å². The van der Waals surface area contributed by atoms with E-state index in [2.05, 4.69) is 24.9 Å². The number of piperidine rings is 1. The summed E-state index contributed by atoms with van der Waals surface area (Å²) in [6.45, 7) is 3.26. The molecule has 0 saturated carbocycles. The van der Waals surface area contributed by atoms with E-state index in [1.165, 1.54) is 6.33 Å². The normalized spacial score (nSPS) is 15.7. The van der Waals surface area contributed by atoms with E-state index in [1.54, 1.807) is 30.9 Å². The second-order valence-corrected chi connectivity index (χ2v) is 8.33. The smallest absolute Gasteiger partial charge is 0.272 e. The molecule has 1 saturated heterocycles. The number of aromatic nitrogens is 5. The van der Waals surface area contributed by atoms with Crippen LogP contribution in [0.2, 0.25) is 0 Å². The average molecular weight is 453 g/mol. The number of hydrogen-bond acceptors (Lipinski definition) is 7. The Morgan fingerprint density at radius 3 is 2.71 bits per heavy atom. The van der Waals surface area contributed by atoms with E-state index in [0.717, 1.165) is 35.4 Å². The van der Waals surface area contributed by atoms with E-state index in [4.69, 9.17) is 4.74 Å². The summed E-state index contributed by atoms with van der Waals surface area (Å²) in [5.41, 5.74) is 3.79. The zero-order chi connectivity index (χ0) is 23.3. The lowest BCUT2D eigenvalue weighted by Gasteiger charge is -2.32. The fraction of sp³-hybridized carbons (Fsp3) is 0.231. The van der Waals surface area contributed by atoms with Crippen molar-refractivity contribution in [2.45, 2.75) is 25.7 Å². The Kier molecular flexibility index (Phi) is 6.20. The number of carbonyl (C=O) groups is 1. The molecule has 1 aromatic carbocycles. The molecule has 0 bridgehead atoms. The third-order valence-corrected chi connectivity index (χ3v) is 5.79. The van der Waals surface area contributed by atoms with Crippen molar-refractivity contribution in [1.29, 1.82) is 0 Å². The lowest BCUT2D eigenvalue weighted by Crippen LogP contribution is -2.39. The van der Waals surface area contributed by atoms with Crippen LogP contribution in [0.5, 0.6) is 11.6 Å². The molecule has 170 valence electrons. The van der Waals surface area contributed by atoms with Crippen LogP contribution in [0.1, 0.15) is 40.5 Å². The molecule has 0 aliphatic carbocycles. The minimum atomic E-state index is -0.0940. The molecule has 8 nitrogen and oxygen atoms in total. The number of aryl methyl sites for hydroxylation is 1. The van der Waals surface area contributed by atoms with Crippen molar-refractivity contribution >= 4 is 5.91 Å². The summed E-state index contributed by atoms with van der Waals surface area (Å²) in [5, 5.41) is 0. The number of rotatable bonds is 5. The second kappa shape index (κ2) is 9.74. The molecule has 5 rings (SSSR count). The first kappa shape index (κ1) is 21.6. The van der Waals surface area contributed by atoms with Crippen LogP contribution in [0.4, 0.5) is 0 Å². The largest absolute Gasteiger partial charge is 0.437 e. The van der Waals surface area contributed by atoms with E-state index in [0.29, 0.717) is 30.4 Å². The molecule has 0 radical (unpaired) electrons. The van der Waals surface area contributed by atoms with Gasteiger partial charge in [0.05, 0.1) is 17.6 Å². The molecule has 0 N–H and O–H groups in total. The Morgan fingerprint density at radius 1 is 1.00 bits per heavy atom. The highest BCUT2D eigenvalue weighted by Gasteiger charge is 2.27. The van der Waals surface area contributed by atoms with E-state index < -0.39 is 0 Å². The first-order valence-electron chi connectivity index (χ1n) is 11.2. The molecule has 4 aromatic rings. The topological polar surface area (TPSA) is 94.0 Å². The van der Waals surface area contributed by atoms with E-state index in [1.807, 2.05) is 48.2 Å². The van der Waals surface area contributed by atoms with Gasteiger partial charge in [-0.3, -0.25) is 9.78 Å². The maximum atomic E-state index is 13.3. The van der Waals surface area contributed by atoms with Gasteiger partial charge in [-0.25, -0.2) is 19.9 Å². The molecule has 0 spiro atoms. The van der Waals surface area contributed by atoms with Crippen LogP contribution in [0.3, 0.4) is 0 Å². The zero-order valence-electron chi connectivity index (χ0n) is 18.8. The lowest BCUT2D eigenvalue weighted by atomic mass is 9.94. The SMILES string of the molecule is Cc1cccc(Oc2cncc([C@H]3CCCN(C(=O)c4cccc(-c5cncnc5)n4)C3)n2)c1. The van der Waals surface area contributed by atoms with Crippen molar-refractivity contribution in [2.75, 3.05) is 13.1 Å². The summed E-state index contributed by atoms with van der Waals surface area (Å²) in [4.78, 5) is 36.8. The summed E-state index contributed by atoms with van der Waals surface area (Å²) < 4.78 is 5.92. The Labute approximate surface area is 197 Å². The Hall–Kier alpha value is -4.20. The molecule has 1 fully saturated rings. The molecule has 1 amide bonds. The molecular weight excluding hydrogens is 428 g/mol. The van der Waals surface area contributed by atoms with Crippen LogP contribution >= 0.6 is 0 Å². The van der Waals surface area contributed by atoms with Gasteiger partial charge < -0.3 is 9.64 Å². The molecule has 1 aliphatic rings. The van der Waals surface area contributed by atoms with Crippen LogP contribution in [-0.4, -0.2) is 48.8 Å². The zero-order valence-corrected chi connectivity index (χ0v) is 18.8. The molecule has 1 atom stereocenters. The fourth-order valence-corrected chi connectivity index (χ4v) is 4.12. The minimum absolute atomic E-state index is 0.0805. The molecule has 3 aromatic heterocycles. The summed E-state index contributed by atoms with van der Waals surface area (Å²) >= 11 is 0. The Bertz CT molecular complexity index is 1300. The highest BCUT2D eigenvalue weighted by Crippen LogP contribution is 2.28. The first-order chi connectivity index (χ1) is 16.7. The third kappa shape index (κ3) is 4.91. The van der Waals surface area contributed by atoms with Gasteiger partial charge in [0, 0.05) is 43.2 Å².